The summed E-state index contributed by atoms with van der Waals surface area (Å²) in [5.41, 5.74) is 2.73. The van der Waals surface area contributed by atoms with Crippen molar-refractivity contribution >= 4 is 17.3 Å². The molecule has 0 spiro atoms. The van der Waals surface area contributed by atoms with Gasteiger partial charge < -0.3 is 4.74 Å². The van der Waals surface area contributed by atoms with Crippen LogP contribution in [0.5, 0.6) is 0 Å². The molecule has 7 heteroatoms. The number of benzene rings is 1. The number of nitrogens with zero attached hydrogens (tertiary/aromatic N) is 3. The van der Waals surface area contributed by atoms with Crippen LogP contribution in [0.1, 0.15) is 39.5 Å². The van der Waals surface area contributed by atoms with Gasteiger partial charge in [-0.2, -0.15) is 5.10 Å². The second-order valence-electron chi connectivity index (χ2n) is 5.23. The van der Waals surface area contributed by atoms with E-state index in [2.05, 4.69) is 20.2 Å². The number of hydrogen-bond donors (Lipinski definition) is 1. The predicted molar refractivity (Wildman–Crippen MR) is 87.2 cm³/mol. The van der Waals surface area contributed by atoms with Crippen molar-refractivity contribution in [1.82, 2.24) is 20.2 Å². The molecule has 0 aliphatic rings. The van der Waals surface area contributed by atoms with Crippen LogP contribution in [-0.2, 0) is 4.74 Å². The molecule has 1 atom stereocenters. The Hall–Kier alpha value is -2.54. The summed E-state index contributed by atoms with van der Waals surface area (Å²) in [6.07, 6.45) is 1.08. The Labute approximate surface area is 137 Å². The van der Waals surface area contributed by atoms with Gasteiger partial charge >= 0.3 is 5.97 Å². The number of thiazole rings is 1. The normalized spacial score (nSPS) is 12.1. The zero-order chi connectivity index (χ0) is 16.4. The van der Waals surface area contributed by atoms with E-state index in [1.807, 2.05) is 38.1 Å². The molecule has 6 nitrogen and oxygen atoms in total. The van der Waals surface area contributed by atoms with Gasteiger partial charge in [-0.1, -0.05) is 29.8 Å². The molecule has 3 rings (SSSR count). The van der Waals surface area contributed by atoms with Gasteiger partial charge in [-0.05, 0) is 26.3 Å². The van der Waals surface area contributed by atoms with Crippen molar-refractivity contribution in [3.8, 4) is 10.8 Å². The summed E-state index contributed by atoms with van der Waals surface area (Å²) >= 11 is 1.25. The number of ether oxygens (including phenoxy) is 1. The molecule has 23 heavy (non-hydrogen) atoms. The summed E-state index contributed by atoms with van der Waals surface area (Å²) < 4.78 is 5.57. The van der Waals surface area contributed by atoms with Crippen LogP contribution in [-0.4, -0.2) is 26.1 Å². The maximum Gasteiger partial charge on any atom is 0.350 e. The van der Waals surface area contributed by atoms with Crippen molar-refractivity contribution in [2.24, 2.45) is 0 Å². The number of esters is 1. The fraction of sp³-hybridized carbons (Fsp3) is 0.250. The van der Waals surface area contributed by atoms with Gasteiger partial charge in [-0.3, -0.25) is 5.10 Å². The van der Waals surface area contributed by atoms with Crippen LogP contribution in [0.4, 0.5) is 0 Å². The topological polar surface area (TPSA) is 80.8 Å². The first kappa shape index (κ1) is 15.4. The van der Waals surface area contributed by atoms with Gasteiger partial charge in [0.1, 0.15) is 17.3 Å². The molecule has 118 valence electrons. The first-order chi connectivity index (χ1) is 11.0. The lowest BCUT2D eigenvalue weighted by atomic mass is 10.1. The quantitative estimate of drug-likeness (QED) is 0.742. The Morgan fingerprint density at radius 1 is 1.35 bits per heavy atom. The van der Waals surface area contributed by atoms with Gasteiger partial charge in [0.25, 0.3) is 0 Å². The largest absolute Gasteiger partial charge is 0.454 e. The van der Waals surface area contributed by atoms with Crippen LogP contribution < -0.4 is 0 Å². The number of rotatable bonds is 4. The second kappa shape index (κ2) is 6.29. The Kier molecular flexibility index (Phi) is 4.20. The highest BCUT2D eigenvalue weighted by molar-refractivity contribution is 7.16. The number of carbonyl (C=O) groups excluding carboxylic acids is 1. The highest BCUT2D eigenvalue weighted by Gasteiger charge is 2.21. The molecule has 0 bridgehead atoms. The van der Waals surface area contributed by atoms with Crippen LogP contribution in [0, 0.1) is 13.8 Å². The van der Waals surface area contributed by atoms with Crippen LogP contribution in [0.3, 0.4) is 0 Å². The minimum atomic E-state index is -0.375. The van der Waals surface area contributed by atoms with Crippen molar-refractivity contribution in [3.05, 3.63) is 52.3 Å². The standard InChI is InChI=1S/C16H16N4O2S/c1-9-5-4-6-12(7-9)11(3)22-16(21)13-10(2)19-15(23-13)14-17-8-18-20-14/h4-8,11H,1-3H3,(H,17,18,20)/t11-/m1/s1. The molecule has 0 aliphatic carbocycles. The summed E-state index contributed by atoms with van der Waals surface area (Å²) in [6.45, 7) is 5.65. The molecule has 3 aromatic rings. The van der Waals surface area contributed by atoms with E-state index in [-0.39, 0.29) is 12.1 Å². The van der Waals surface area contributed by atoms with E-state index in [1.165, 1.54) is 17.7 Å². The SMILES string of the molecule is Cc1cccc([C@@H](C)OC(=O)c2sc(-c3ncn[nH]3)nc2C)c1. The summed E-state index contributed by atoms with van der Waals surface area (Å²) in [5.74, 6) is 0.170. The molecule has 1 aromatic carbocycles. The molecule has 0 saturated carbocycles. The summed E-state index contributed by atoms with van der Waals surface area (Å²) in [5, 5.41) is 7.15. The zero-order valence-electron chi connectivity index (χ0n) is 13.0. The average Bonchev–Trinajstić information content (AvgIpc) is 3.16. The van der Waals surface area contributed by atoms with Gasteiger partial charge in [-0.25, -0.2) is 14.8 Å². The lowest BCUT2D eigenvalue weighted by molar-refractivity contribution is 0.0342. The number of aromatic nitrogens is 4. The fourth-order valence-corrected chi connectivity index (χ4v) is 3.10. The first-order valence-electron chi connectivity index (χ1n) is 7.15. The van der Waals surface area contributed by atoms with Crippen molar-refractivity contribution in [3.63, 3.8) is 0 Å². The molecular weight excluding hydrogens is 312 g/mol. The highest BCUT2D eigenvalue weighted by Crippen LogP contribution is 2.27. The minimum Gasteiger partial charge on any atom is -0.454 e. The lowest BCUT2D eigenvalue weighted by Gasteiger charge is -2.13. The molecule has 2 aromatic heterocycles. The number of carbonyl (C=O) groups is 1. The first-order valence-corrected chi connectivity index (χ1v) is 7.97. The van der Waals surface area contributed by atoms with Gasteiger partial charge in [0.15, 0.2) is 10.8 Å². The minimum absolute atomic E-state index is 0.322. The van der Waals surface area contributed by atoms with Gasteiger partial charge in [0.2, 0.25) is 0 Å². The Morgan fingerprint density at radius 2 is 2.17 bits per heavy atom. The summed E-state index contributed by atoms with van der Waals surface area (Å²) in [4.78, 5) is 21.3. The predicted octanol–water partition coefficient (Wildman–Crippen LogP) is 3.46. The Morgan fingerprint density at radius 3 is 2.87 bits per heavy atom. The third-order valence-electron chi connectivity index (χ3n) is 3.39. The number of H-pyrrole nitrogens is 1. The van der Waals surface area contributed by atoms with E-state index in [0.717, 1.165) is 11.1 Å². The molecule has 2 heterocycles. The van der Waals surface area contributed by atoms with E-state index < -0.39 is 0 Å². The summed E-state index contributed by atoms with van der Waals surface area (Å²) in [6, 6.07) is 7.92. The van der Waals surface area contributed by atoms with Crippen molar-refractivity contribution in [1.29, 1.82) is 0 Å². The van der Waals surface area contributed by atoms with Crippen molar-refractivity contribution in [2.75, 3.05) is 0 Å². The van der Waals surface area contributed by atoms with E-state index in [1.54, 1.807) is 6.92 Å². The van der Waals surface area contributed by atoms with Crippen LogP contribution in [0.15, 0.2) is 30.6 Å². The van der Waals surface area contributed by atoms with Gasteiger partial charge in [0.05, 0.1) is 5.69 Å². The maximum absolute atomic E-state index is 12.4. The highest BCUT2D eigenvalue weighted by atomic mass is 32.1. The van der Waals surface area contributed by atoms with Gasteiger partial charge in [-0.15, -0.1) is 11.3 Å². The summed E-state index contributed by atoms with van der Waals surface area (Å²) in [7, 11) is 0. The van der Waals surface area contributed by atoms with E-state index in [9.17, 15) is 4.79 Å². The molecule has 0 radical (unpaired) electrons. The van der Waals surface area contributed by atoms with Crippen LogP contribution in [0.25, 0.3) is 10.8 Å². The monoisotopic (exact) mass is 328 g/mol. The maximum atomic E-state index is 12.4. The molecule has 0 unspecified atom stereocenters. The fourth-order valence-electron chi connectivity index (χ4n) is 2.20. The zero-order valence-corrected chi connectivity index (χ0v) is 13.8. The number of hydrogen-bond acceptors (Lipinski definition) is 6. The van der Waals surface area contributed by atoms with Crippen LogP contribution in [0.2, 0.25) is 0 Å². The van der Waals surface area contributed by atoms with E-state index >= 15 is 0 Å². The molecule has 0 saturated heterocycles. The lowest BCUT2D eigenvalue weighted by Crippen LogP contribution is -2.09. The van der Waals surface area contributed by atoms with Crippen LogP contribution >= 0.6 is 11.3 Å². The molecule has 0 aliphatic heterocycles. The Balaban J connectivity index is 1.78. The second-order valence-corrected chi connectivity index (χ2v) is 6.23. The molecule has 1 N–H and O–H groups in total. The third kappa shape index (κ3) is 3.29. The van der Waals surface area contributed by atoms with E-state index in [4.69, 9.17) is 4.74 Å². The number of nitrogens with one attached hydrogen (secondary N) is 1. The molecular formula is C16H16N4O2S. The van der Waals surface area contributed by atoms with Gasteiger partial charge in [0, 0.05) is 0 Å². The average molecular weight is 328 g/mol. The smallest absolute Gasteiger partial charge is 0.350 e. The molecule has 0 fully saturated rings. The van der Waals surface area contributed by atoms with Crippen molar-refractivity contribution in [2.45, 2.75) is 26.9 Å². The number of aryl methyl sites for hydroxylation is 2. The number of aromatic amines is 1. The molecule has 0 amide bonds. The Bertz CT molecular complexity index is 826. The van der Waals surface area contributed by atoms with Crippen molar-refractivity contribution < 1.29 is 9.53 Å². The van der Waals surface area contributed by atoms with E-state index in [0.29, 0.717) is 21.4 Å². The third-order valence-corrected chi connectivity index (χ3v) is 4.54.